The van der Waals surface area contributed by atoms with Gasteiger partial charge < -0.3 is 15.8 Å². The summed E-state index contributed by atoms with van der Waals surface area (Å²) in [6, 6.07) is 4.26. The summed E-state index contributed by atoms with van der Waals surface area (Å²) in [5.74, 6) is 1.35. The lowest BCUT2D eigenvalue weighted by atomic mass is 9.95. The Morgan fingerprint density at radius 3 is 3.00 bits per heavy atom. The van der Waals surface area contributed by atoms with Gasteiger partial charge in [-0.15, -0.1) is 0 Å². The predicted molar refractivity (Wildman–Crippen MR) is 78.4 cm³/mol. The molecule has 0 aromatic carbocycles. The number of nitrogens with one attached hydrogen (secondary N) is 1. The molecule has 0 aliphatic heterocycles. The van der Waals surface area contributed by atoms with E-state index in [-0.39, 0.29) is 0 Å². The highest BCUT2D eigenvalue weighted by atomic mass is 32.2. The summed E-state index contributed by atoms with van der Waals surface area (Å²) in [7, 11) is 1.59. The van der Waals surface area contributed by atoms with E-state index in [1.54, 1.807) is 7.11 Å². The molecule has 1 heterocycles. The molecular formula is C13H21N3OS. The van der Waals surface area contributed by atoms with Crippen LogP contribution in [0.1, 0.15) is 25.7 Å². The Kier molecular flexibility index (Phi) is 4.58. The Morgan fingerprint density at radius 2 is 2.28 bits per heavy atom. The van der Waals surface area contributed by atoms with Crippen molar-refractivity contribution in [2.75, 3.05) is 24.4 Å². The standard InChI is InChI=1S/C13H21N3OS/c1-17-13-11(14)6-7-12(16-13)15-9-4-3-5-10(8-9)18-2/h6-7,9-10H,3-5,8,14H2,1-2H3,(H,15,16). The van der Waals surface area contributed by atoms with Crippen LogP contribution in [0.3, 0.4) is 0 Å². The fourth-order valence-electron chi connectivity index (χ4n) is 2.39. The number of ether oxygens (including phenoxy) is 1. The molecule has 0 amide bonds. The third-order valence-corrected chi connectivity index (χ3v) is 4.49. The molecule has 2 atom stereocenters. The Hall–Kier alpha value is -1.10. The van der Waals surface area contributed by atoms with Crippen molar-refractivity contribution in [3.63, 3.8) is 0 Å². The molecular weight excluding hydrogens is 246 g/mol. The van der Waals surface area contributed by atoms with Gasteiger partial charge in [-0.3, -0.25) is 0 Å². The first-order chi connectivity index (χ1) is 8.72. The molecule has 2 rings (SSSR count). The molecule has 4 nitrogen and oxygen atoms in total. The first-order valence-electron chi connectivity index (χ1n) is 6.32. The first-order valence-corrected chi connectivity index (χ1v) is 7.61. The van der Waals surface area contributed by atoms with E-state index in [1.807, 2.05) is 23.9 Å². The van der Waals surface area contributed by atoms with Gasteiger partial charge in [0.25, 0.3) is 0 Å². The minimum Gasteiger partial charge on any atom is -0.479 e. The zero-order chi connectivity index (χ0) is 13.0. The fourth-order valence-corrected chi connectivity index (χ4v) is 3.22. The summed E-state index contributed by atoms with van der Waals surface area (Å²) >= 11 is 1.97. The van der Waals surface area contributed by atoms with E-state index in [2.05, 4.69) is 16.6 Å². The van der Waals surface area contributed by atoms with Gasteiger partial charge in [-0.25, -0.2) is 0 Å². The number of nitrogens with two attached hydrogens (primary N) is 1. The van der Waals surface area contributed by atoms with Crippen LogP contribution in [0.25, 0.3) is 0 Å². The molecule has 3 N–H and O–H groups in total. The smallest absolute Gasteiger partial charge is 0.238 e. The summed E-state index contributed by atoms with van der Waals surface area (Å²) in [5.41, 5.74) is 6.34. The minimum absolute atomic E-state index is 0.497. The SMILES string of the molecule is COc1nc(NC2CCCC(SC)C2)ccc1N. The van der Waals surface area contributed by atoms with Crippen molar-refractivity contribution >= 4 is 23.3 Å². The van der Waals surface area contributed by atoms with E-state index in [4.69, 9.17) is 10.5 Å². The van der Waals surface area contributed by atoms with Gasteiger partial charge in [-0.2, -0.15) is 16.7 Å². The van der Waals surface area contributed by atoms with Gasteiger partial charge in [-0.1, -0.05) is 6.42 Å². The van der Waals surface area contributed by atoms with Crippen molar-refractivity contribution in [2.24, 2.45) is 0 Å². The number of anilines is 2. The molecule has 1 fully saturated rings. The van der Waals surface area contributed by atoms with Gasteiger partial charge in [0, 0.05) is 11.3 Å². The van der Waals surface area contributed by atoms with E-state index >= 15 is 0 Å². The quantitative estimate of drug-likeness (QED) is 0.878. The molecule has 1 aliphatic carbocycles. The number of aromatic nitrogens is 1. The molecule has 0 radical (unpaired) electrons. The molecule has 2 unspecified atom stereocenters. The minimum atomic E-state index is 0.497. The summed E-state index contributed by atoms with van der Waals surface area (Å²) in [5, 5.41) is 4.26. The molecule has 1 aromatic rings. The van der Waals surface area contributed by atoms with Crippen LogP contribution >= 0.6 is 11.8 Å². The average Bonchev–Trinajstić information content (AvgIpc) is 2.41. The van der Waals surface area contributed by atoms with Crippen molar-refractivity contribution in [1.29, 1.82) is 0 Å². The lowest BCUT2D eigenvalue weighted by Crippen LogP contribution is -2.28. The zero-order valence-corrected chi connectivity index (χ0v) is 11.8. The van der Waals surface area contributed by atoms with E-state index in [0.29, 0.717) is 17.6 Å². The molecule has 0 spiro atoms. The number of pyridine rings is 1. The Labute approximate surface area is 113 Å². The number of nitrogen functional groups attached to an aromatic ring is 1. The van der Waals surface area contributed by atoms with Gasteiger partial charge >= 0.3 is 0 Å². The van der Waals surface area contributed by atoms with Crippen molar-refractivity contribution in [3.8, 4) is 5.88 Å². The normalized spacial score (nSPS) is 23.7. The molecule has 100 valence electrons. The second-order valence-electron chi connectivity index (χ2n) is 4.66. The monoisotopic (exact) mass is 267 g/mol. The summed E-state index contributed by atoms with van der Waals surface area (Å²) in [6.07, 6.45) is 7.23. The van der Waals surface area contributed by atoms with Crippen molar-refractivity contribution in [2.45, 2.75) is 37.0 Å². The third kappa shape index (κ3) is 3.22. The topological polar surface area (TPSA) is 60.2 Å². The maximum absolute atomic E-state index is 5.76. The highest BCUT2D eigenvalue weighted by molar-refractivity contribution is 7.99. The van der Waals surface area contributed by atoms with Crippen molar-refractivity contribution in [3.05, 3.63) is 12.1 Å². The fraction of sp³-hybridized carbons (Fsp3) is 0.615. The van der Waals surface area contributed by atoms with Crippen LogP contribution in [-0.2, 0) is 0 Å². The molecule has 18 heavy (non-hydrogen) atoms. The number of thioether (sulfide) groups is 1. The van der Waals surface area contributed by atoms with Crippen LogP contribution in [0.2, 0.25) is 0 Å². The molecule has 1 saturated carbocycles. The molecule has 1 aromatic heterocycles. The number of rotatable bonds is 4. The summed E-state index contributed by atoms with van der Waals surface area (Å²) in [6.45, 7) is 0. The highest BCUT2D eigenvalue weighted by Crippen LogP contribution is 2.29. The third-order valence-electron chi connectivity index (χ3n) is 3.39. The lowest BCUT2D eigenvalue weighted by molar-refractivity contribution is 0.400. The van der Waals surface area contributed by atoms with Crippen LogP contribution in [0.4, 0.5) is 11.5 Å². The Bertz CT molecular complexity index is 400. The summed E-state index contributed by atoms with van der Waals surface area (Å²) < 4.78 is 5.14. The number of hydrogen-bond donors (Lipinski definition) is 2. The van der Waals surface area contributed by atoms with Gasteiger partial charge in [0.2, 0.25) is 5.88 Å². The van der Waals surface area contributed by atoms with Crippen LogP contribution < -0.4 is 15.8 Å². The predicted octanol–water partition coefficient (Wildman–Crippen LogP) is 2.76. The lowest BCUT2D eigenvalue weighted by Gasteiger charge is -2.29. The van der Waals surface area contributed by atoms with Gasteiger partial charge in [0.05, 0.1) is 12.8 Å². The van der Waals surface area contributed by atoms with Gasteiger partial charge in [0.15, 0.2) is 0 Å². The highest BCUT2D eigenvalue weighted by Gasteiger charge is 2.21. The number of nitrogens with zero attached hydrogens (tertiary/aromatic N) is 1. The second-order valence-corrected chi connectivity index (χ2v) is 5.80. The van der Waals surface area contributed by atoms with Crippen LogP contribution in [0, 0.1) is 0 Å². The number of methoxy groups -OCH3 is 1. The Morgan fingerprint density at radius 1 is 1.44 bits per heavy atom. The molecule has 0 bridgehead atoms. The van der Waals surface area contributed by atoms with Crippen molar-refractivity contribution in [1.82, 2.24) is 4.98 Å². The zero-order valence-electron chi connectivity index (χ0n) is 11.0. The molecule has 1 aliphatic rings. The molecule has 5 heteroatoms. The van der Waals surface area contributed by atoms with E-state index in [1.165, 1.54) is 25.7 Å². The number of hydrogen-bond acceptors (Lipinski definition) is 5. The van der Waals surface area contributed by atoms with Crippen molar-refractivity contribution < 1.29 is 4.74 Å². The van der Waals surface area contributed by atoms with E-state index < -0.39 is 0 Å². The maximum atomic E-state index is 5.76. The van der Waals surface area contributed by atoms with Gasteiger partial charge in [0.1, 0.15) is 5.82 Å². The van der Waals surface area contributed by atoms with Gasteiger partial charge in [-0.05, 0) is 37.7 Å². The second kappa shape index (κ2) is 6.18. The summed E-state index contributed by atoms with van der Waals surface area (Å²) in [4.78, 5) is 4.37. The first kappa shape index (κ1) is 13.3. The van der Waals surface area contributed by atoms with Crippen LogP contribution in [0.15, 0.2) is 12.1 Å². The molecule has 0 saturated heterocycles. The van der Waals surface area contributed by atoms with E-state index in [0.717, 1.165) is 11.1 Å². The maximum Gasteiger partial charge on any atom is 0.238 e. The average molecular weight is 267 g/mol. The largest absolute Gasteiger partial charge is 0.479 e. The van der Waals surface area contributed by atoms with Crippen LogP contribution in [0.5, 0.6) is 5.88 Å². The van der Waals surface area contributed by atoms with Crippen LogP contribution in [-0.4, -0.2) is 29.6 Å². The van der Waals surface area contributed by atoms with E-state index in [9.17, 15) is 0 Å². The Balaban J connectivity index is 2.00.